The maximum Gasteiger partial charge on any atom is 0.318 e. The molecule has 0 saturated carbocycles. The van der Waals surface area contributed by atoms with Crippen molar-refractivity contribution in [2.24, 2.45) is 0 Å². The van der Waals surface area contributed by atoms with Gasteiger partial charge in [-0.1, -0.05) is 6.07 Å². The van der Waals surface area contributed by atoms with Crippen LogP contribution in [-0.4, -0.2) is 50.0 Å². The van der Waals surface area contributed by atoms with E-state index in [0.29, 0.717) is 24.6 Å². The van der Waals surface area contributed by atoms with Crippen LogP contribution >= 0.6 is 0 Å². The Labute approximate surface area is 111 Å². The molecule has 6 nitrogen and oxygen atoms in total. The molecular formula is C13H18N2O4. The molecule has 1 unspecified atom stereocenters. The topological polar surface area (TPSA) is 71.0 Å². The summed E-state index contributed by atoms with van der Waals surface area (Å²) in [6, 6.07) is 5.31. The first-order chi connectivity index (χ1) is 9.19. The third-order valence-electron chi connectivity index (χ3n) is 3.17. The molecule has 1 fully saturated rings. The number of nitrogens with one attached hydrogen (secondary N) is 1. The second-order valence-corrected chi connectivity index (χ2v) is 4.29. The highest BCUT2D eigenvalue weighted by atomic mass is 16.5. The molecule has 1 aliphatic rings. The second kappa shape index (κ2) is 5.79. The minimum absolute atomic E-state index is 0.0356. The molecule has 1 aliphatic heterocycles. The third-order valence-corrected chi connectivity index (χ3v) is 3.17. The summed E-state index contributed by atoms with van der Waals surface area (Å²) >= 11 is 0. The van der Waals surface area contributed by atoms with Gasteiger partial charge in [0.2, 0.25) is 0 Å². The highest BCUT2D eigenvalue weighted by Gasteiger charge is 2.29. The first kappa shape index (κ1) is 13.5. The molecule has 1 atom stereocenters. The molecule has 0 aliphatic carbocycles. The summed E-state index contributed by atoms with van der Waals surface area (Å²) < 4.78 is 10.4. The molecule has 2 rings (SSSR count). The van der Waals surface area contributed by atoms with E-state index in [1.807, 2.05) is 18.2 Å². The minimum Gasteiger partial charge on any atom is -0.493 e. The van der Waals surface area contributed by atoms with E-state index in [-0.39, 0.29) is 18.7 Å². The molecule has 0 spiro atoms. The van der Waals surface area contributed by atoms with Gasteiger partial charge < -0.3 is 24.8 Å². The van der Waals surface area contributed by atoms with Crippen LogP contribution in [0.4, 0.5) is 4.79 Å². The molecule has 0 bridgehead atoms. The number of urea groups is 1. The Bertz CT molecular complexity index is 464. The maximum atomic E-state index is 11.7. The molecule has 0 radical (unpaired) electrons. The number of carbonyl (C=O) groups is 1. The Balaban J connectivity index is 2.17. The van der Waals surface area contributed by atoms with E-state index in [9.17, 15) is 4.79 Å². The number of benzene rings is 1. The summed E-state index contributed by atoms with van der Waals surface area (Å²) in [7, 11) is 3.16. The molecule has 1 heterocycles. The molecule has 19 heavy (non-hydrogen) atoms. The number of nitrogens with zero attached hydrogens (tertiary/aromatic N) is 1. The number of hydrogen-bond donors (Lipinski definition) is 2. The number of methoxy groups -OCH3 is 2. The Hall–Kier alpha value is -1.95. The fraction of sp³-hybridized carbons (Fsp3) is 0.462. The number of rotatable bonds is 5. The summed E-state index contributed by atoms with van der Waals surface area (Å²) in [5, 5.41) is 11.8. The lowest BCUT2D eigenvalue weighted by Crippen LogP contribution is -2.30. The second-order valence-electron chi connectivity index (χ2n) is 4.29. The lowest BCUT2D eigenvalue weighted by Gasteiger charge is -2.14. The van der Waals surface area contributed by atoms with Gasteiger partial charge in [0.1, 0.15) is 0 Å². The van der Waals surface area contributed by atoms with Crippen LogP contribution in [0.3, 0.4) is 0 Å². The number of β-amino-alcohol motifs (C(OH)–C–C–N with tert-alkyl or cyclic N) is 1. The third kappa shape index (κ3) is 2.73. The fourth-order valence-electron chi connectivity index (χ4n) is 2.16. The van der Waals surface area contributed by atoms with Crippen molar-refractivity contribution in [2.75, 3.05) is 33.9 Å². The van der Waals surface area contributed by atoms with E-state index in [1.54, 1.807) is 19.1 Å². The average Bonchev–Trinajstić information content (AvgIpc) is 2.80. The van der Waals surface area contributed by atoms with Crippen molar-refractivity contribution < 1.29 is 19.4 Å². The van der Waals surface area contributed by atoms with Gasteiger partial charge in [-0.25, -0.2) is 4.79 Å². The quantitative estimate of drug-likeness (QED) is 0.825. The minimum atomic E-state index is -0.158. The van der Waals surface area contributed by atoms with E-state index in [4.69, 9.17) is 14.6 Å². The number of aliphatic hydroxyl groups excluding tert-OH is 1. The smallest absolute Gasteiger partial charge is 0.318 e. The standard InChI is InChI=1S/C13H18N2O4/c1-18-11-4-3-9(7-12(11)19-2)10-8-15(5-6-16)13(17)14-10/h3-4,7,10,16H,5-6,8H2,1-2H3,(H,14,17). The normalized spacial score (nSPS) is 18.4. The Kier molecular flexibility index (Phi) is 4.11. The van der Waals surface area contributed by atoms with E-state index in [2.05, 4.69) is 5.32 Å². The summed E-state index contributed by atoms with van der Waals surface area (Å²) in [6.07, 6.45) is 0. The van der Waals surface area contributed by atoms with Gasteiger partial charge in [-0.2, -0.15) is 0 Å². The number of ether oxygens (including phenoxy) is 2. The lowest BCUT2D eigenvalue weighted by molar-refractivity contribution is 0.196. The lowest BCUT2D eigenvalue weighted by atomic mass is 10.1. The van der Waals surface area contributed by atoms with Gasteiger partial charge in [-0.15, -0.1) is 0 Å². The zero-order chi connectivity index (χ0) is 13.8. The van der Waals surface area contributed by atoms with E-state index in [1.165, 1.54) is 0 Å². The predicted octanol–water partition coefficient (Wildman–Crippen LogP) is 0.762. The van der Waals surface area contributed by atoms with Crippen molar-refractivity contribution in [1.82, 2.24) is 10.2 Å². The maximum absolute atomic E-state index is 11.7. The van der Waals surface area contributed by atoms with Crippen LogP contribution in [0.2, 0.25) is 0 Å². The SMILES string of the molecule is COc1ccc(C2CN(CCO)C(=O)N2)cc1OC. The first-order valence-corrected chi connectivity index (χ1v) is 6.07. The number of hydrogen-bond acceptors (Lipinski definition) is 4. The van der Waals surface area contributed by atoms with Crippen molar-refractivity contribution in [3.63, 3.8) is 0 Å². The monoisotopic (exact) mass is 266 g/mol. The molecular weight excluding hydrogens is 248 g/mol. The van der Waals surface area contributed by atoms with Crippen LogP contribution in [0.1, 0.15) is 11.6 Å². The first-order valence-electron chi connectivity index (χ1n) is 6.07. The van der Waals surface area contributed by atoms with Crippen LogP contribution in [0.15, 0.2) is 18.2 Å². The van der Waals surface area contributed by atoms with Crippen molar-refractivity contribution in [3.05, 3.63) is 23.8 Å². The van der Waals surface area contributed by atoms with E-state index < -0.39 is 0 Å². The molecule has 2 N–H and O–H groups in total. The van der Waals surface area contributed by atoms with Gasteiger partial charge in [-0.05, 0) is 17.7 Å². The van der Waals surface area contributed by atoms with Crippen LogP contribution in [0.25, 0.3) is 0 Å². The Morgan fingerprint density at radius 1 is 1.37 bits per heavy atom. The Morgan fingerprint density at radius 2 is 2.11 bits per heavy atom. The molecule has 1 aromatic rings. The van der Waals surface area contributed by atoms with Crippen molar-refractivity contribution in [2.45, 2.75) is 6.04 Å². The van der Waals surface area contributed by atoms with Crippen molar-refractivity contribution >= 4 is 6.03 Å². The van der Waals surface area contributed by atoms with Gasteiger partial charge in [0.25, 0.3) is 0 Å². The molecule has 1 saturated heterocycles. The van der Waals surface area contributed by atoms with Crippen LogP contribution in [0.5, 0.6) is 11.5 Å². The molecule has 6 heteroatoms. The van der Waals surface area contributed by atoms with Crippen LogP contribution in [-0.2, 0) is 0 Å². The van der Waals surface area contributed by atoms with Gasteiger partial charge in [0.15, 0.2) is 11.5 Å². The number of amides is 2. The highest BCUT2D eigenvalue weighted by molar-refractivity contribution is 5.77. The van der Waals surface area contributed by atoms with Gasteiger partial charge in [-0.3, -0.25) is 0 Å². The zero-order valence-corrected chi connectivity index (χ0v) is 11.0. The van der Waals surface area contributed by atoms with E-state index >= 15 is 0 Å². The van der Waals surface area contributed by atoms with Crippen molar-refractivity contribution in [1.29, 1.82) is 0 Å². The number of carbonyl (C=O) groups excluding carboxylic acids is 1. The molecule has 1 aromatic carbocycles. The molecule has 0 aromatic heterocycles. The van der Waals surface area contributed by atoms with E-state index in [0.717, 1.165) is 5.56 Å². The Morgan fingerprint density at radius 3 is 2.74 bits per heavy atom. The van der Waals surface area contributed by atoms with Gasteiger partial charge in [0, 0.05) is 13.1 Å². The summed E-state index contributed by atoms with van der Waals surface area (Å²) in [5.74, 6) is 1.29. The van der Waals surface area contributed by atoms with Crippen LogP contribution in [0, 0.1) is 0 Å². The van der Waals surface area contributed by atoms with Gasteiger partial charge in [0.05, 0.1) is 26.9 Å². The fourth-order valence-corrected chi connectivity index (χ4v) is 2.16. The highest BCUT2D eigenvalue weighted by Crippen LogP contribution is 2.31. The summed E-state index contributed by atoms with van der Waals surface area (Å²) in [4.78, 5) is 13.3. The van der Waals surface area contributed by atoms with Crippen molar-refractivity contribution in [3.8, 4) is 11.5 Å². The average molecular weight is 266 g/mol. The van der Waals surface area contributed by atoms with Crippen LogP contribution < -0.4 is 14.8 Å². The summed E-state index contributed by atoms with van der Waals surface area (Å²) in [6.45, 7) is 0.844. The van der Waals surface area contributed by atoms with Gasteiger partial charge >= 0.3 is 6.03 Å². The predicted molar refractivity (Wildman–Crippen MR) is 69.5 cm³/mol. The molecule has 104 valence electrons. The number of aliphatic hydroxyl groups is 1. The summed E-state index contributed by atoms with van der Waals surface area (Å²) in [5.41, 5.74) is 0.950. The zero-order valence-electron chi connectivity index (χ0n) is 11.0. The largest absolute Gasteiger partial charge is 0.493 e. The molecule has 2 amide bonds.